The van der Waals surface area contributed by atoms with Crippen LogP contribution in [0.1, 0.15) is 12.0 Å². The van der Waals surface area contributed by atoms with Crippen LogP contribution in [0.3, 0.4) is 0 Å². The van der Waals surface area contributed by atoms with E-state index in [1.165, 1.54) is 11.3 Å². The monoisotopic (exact) mass is 176 g/mol. The van der Waals surface area contributed by atoms with Crippen molar-refractivity contribution >= 4 is 11.4 Å². The molecular formula is C10H12N2O. The summed E-state index contributed by atoms with van der Waals surface area (Å²) in [5, 5.41) is 2.94. The average Bonchev–Trinajstić information content (AvgIpc) is 2.18. The van der Waals surface area contributed by atoms with E-state index in [0.717, 1.165) is 19.4 Å². The van der Waals surface area contributed by atoms with Gasteiger partial charge in [0, 0.05) is 19.3 Å². The summed E-state index contributed by atoms with van der Waals surface area (Å²) in [5.41, 5.74) is 3.01. The van der Waals surface area contributed by atoms with Crippen molar-refractivity contribution in [2.24, 2.45) is 5.18 Å². The average molecular weight is 176 g/mol. The summed E-state index contributed by atoms with van der Waals surface area (Å²) in [4.78, 5) is 12.5. The van der Waals surface area contributed by atoms with Crippen molar-refractivity contribution in [3.63, 3.8) is 0 Å². The van der Waals surface area contributed by atoms with Crippen molar-refractivity contribution in [1.29, 1.82) is 0 Å². The zero-order valence-corrected chi connectivity index (χ0v) is 7.66. The van der Waals surface area contributed by atoms with E-state index in [0.29, 0.717) is 5.69 Å². The second-order valence-corrected chi connectivity index (χ2v) is 3.43. The molecule has 3 nitrogen and oxygen atoms in total. The van der Waals surface area contributed by atoms with Crippen LogP contribution in [0.15, 0.2) is 23.4 Å². The van der Waals surface area contributed by atoms with Crippen molar-refractivity contribution < 1.29 is 0 Å². The van der Waals surface area contributed by atoms with Gasteiger partial charge in [-0.25, -0.2) is 0 Å². The molecule has 1 aliphatic rings. The van der Waals surface area contributed by atoms with Crippen molar-refractivity contribution in [2.45, 2.75) is 12.8 Å². The SMILES string of the molecule is CN1CCCc2cc(N=O)ccc21. The molecular weight excluding hydrogens is 164 g/mol. The first-order valence-electron chi connectivity index (χ1n) is 4.48. The minimum absolute atomic E-state index is 0.536. The van der Waals surface area contributed by atoms with Gasteiger partial charge in [0.15, 0.2) is 0 Å². The predicted molar refractivity (Wildman–Crippen MR) is 53.5 cm³/mol. The van der Waals surface area contributed by atoms with Crippen LogP contribution in [-0.2, 0) is 6.42 Å². The van der Waals surface area contributed by atoms with Gasteiger partial charge in [0.05, 0.1) is 0 Å². The molecule has 0 bridgehead atoms. The minimum Gasteiger partial charge on any atom is -0.374 e. The molecule has 0 atom stereocenters. The number of rotatable bonds is 1. The molecule has 0 saturated carbocycles. The van der Waals surface area contributed by atoms with Crippen LogP contribution in [0, 0.1) is 4.91 Å². The molecule has 0 unspecified atom stereocenters. The zero-order chi connectivity index (χ0) is 9.26. The molecule has 0 saturated heterocycles. The molecule has 0 aromatic heterocycles. The summed E-state index contributed by atoms with van der Waals surface area (Å²) < 4.78 is 0. The second kappa shape index (κ2) is 3.17. The van der Waals surface area contributed by atoms with E-state index in [1.807, 2.05) is 12.1 Å². The lowest BCUT2D eigenvalue weighted by molar-refractivity contribution is 0.744. The Morgan fingerprint density at radius 2 is 2.31 bits per heavy atom. The van der Waals surface area contributed by atoms with Crippen LogP contribution in [0.5, 0.6) is 0 Å². The van der Waals surface area contributed by atoms with E-state index in [-0.39, 0.29) is 0 Å². The van der Waals surface area contributed by atoms with Gasteiger partial charge in [-0.15, -0.1) is 4.91 Å². The first-order chi connectivity index (χ1) is 6.31. The number of nitrogens with zero attached hydrogens (tertiary/aromatic N) is 2. The molecule has 0 aliphatic carbocycles. The Hall–Kier alpha value is -1.38. The highest BCUT2D eigenvalue weighted by Crippen LogP contribution is 2.29. The summed E-state index contributed by atoms with van der Waals surface area (Å²) in [6.07, 6.45) is 2.22. The van der Waals surface area contributed by atoms with Gasteiger partial charge in [0.25, 0.3) is 0 Å². The lowest BCUT2D eigenvalue weighted by atomic mass is 10.0. The maximum Gasteiger partial charge on any atom is 0.108 e. The highest BCUT2D eigenvalue weighted by molar-refractivity contribution is 5.60. The Bertz CT molecular complexity index is 336. The summed E-state index contributed by atoms with van der Waals surface area (Å²) in [6.45, 7) is 1.10. The predicted octanol–water partition coefficient (Wildman–Crippen LogP) is 2.47. The molecule has 1 aliphatic heterocycles. The molecule has 1 heterocycles. The summed E-state index contributed by atoms with van der Waals surface area (Å²) in [6, 6.07) is 5.64. The van der Waals surface area contributed by atoms with Crippen LogP contribution in [0.4, 0.5) is 11.4 Å². The highest BCUT2D eigenvalue weighted by atomic mass is 16.3. The van der Waals surface area contributed by atoms with E-state index in [2.05, 4.69) is 17.1 Å². The van der Waals surface area contributed by atoms with E-state index < -0.39 is 0 Å². The van der Waals surface area contributed by atoms with Gasteiger partial charge in [-0.3, -0.25) is 0 Å². The maximum atomic E-state index is 10.3. The van der Waals surface area contributed by atoms with Crippen molar-refractivity contribution in [1.82, 2.24) is 0 Å². The highest BCUT2D eigenvalue weighted by Gasteiger charge is 2.13. The van der Waals surface area contributed by atoms with Crippen LogP contribution in [-0.4, -0.2) is 13.6 Å². The standard InChI is InChI=1S/C10H12N2O/c1-12-6-2-3-8-7-9(11-13)4-5-10(8)12/h4-5,7H,2-3,6H2,1H3. The topological polar surface area (TPSA) is 32.7 Å². The second-order valence-electron chi connectivity index (χ2n) is 3.43. The fourth-order valence-corrected chi connectivity index (χ4v) is 1.83. The van der Waals surface area contributed by atoms with Crippen LogP contribution >= 0.6 is 0 Å². The van der Waals surface area contributed by atoms with Gasteiger partial charge in [-0.05, 0) is 41.8 Å². The third kappa shape index (κ3) is 1.41. The Morgan fingerprint density at radius 1 is 1.46 bits per heavy atom. The van der Waals surface area contributed by atoms with Crippen LogP contribution in [0.25, 0.3) is 0 Å². The first kappa shape index (κ1) is 8.23. The number of nitroso groups, excluding NO2 is 1. The quantitative estimate of drug-likeness (QED) is 0.616. The molecule has 2 rings (SSSR count). The molecule has 3 heteroatoms. The van der Waals surface area contributed by atoms with Crippen molar-refractivity contribution in [3.8, 4) is 0 Å². The van der Waals surface area contributed by atoms with Gasteiger partial charge in [0.1, 0.15) is 5.69 Å². The maximum absolute atomic E-state index is 10.3. The van der Waals surface area contributed by atoms with E-state index in [4.69, 9.17) is 0 Å². The first-order valence-corrected chi connectivity index (χ1v) is 4.48. The normalized spacial score (nSPS) is 15.3. The molecule has 0 N–H and O–H groups in total. The third-order valence-electron chi connectivity index (χ3n) is 2.52. The summed E-state index contributed by atoms with van der Waals surface area (Å²) in [7, 11) is 2.08. The lowest BCUT2D eigenvalue weighted by Crippen LogP contribution is -2.24. The number of fused-ring (bicyclic) bond motifs is 1. The van der Waals surface area contributed by atoms with Crippen LogP contribution < -0.4 is 4.90 Å². The van der Waals surface area contributed by atoms with Crippen LogP contribution in [0.2, 0.25) is 0 Å². The molecule has 0 spiro atoms. The Labute approximate surface area is 77.3 Å². The lowest BCUT2D eigenvalue weighted by Gasteiger charge is -2.27. The number of anilines is 1. The van der Waals surface area contributed by atoms with Gasteiger partial charge in [-0.1, -0.05) is 0 Å². The fourth-order valence-electron chi connectivity index (χ4n) is 1.83. The largest absolute Gasteiger partial charge is 0.374 e. The summed E-state index contributed by atoms with van der Waals surface area (Å²) in [5.74, 6) is 0. The minimum atomic E-state index is 0.536. The molecule has 13 heavy (non-hydrogen) atoms. The molecule has 68 valence electrons. The number of hydrogen-bond donors (Lipinski definition) is 0. The molecule has 0 fully saturated rings. The van der Waals surface area contributed by atoms with Gasteiger partial charge < -0.3 is 4.90 Å². The van der Waals surface area contributed by atoms with E-state index in [1.54, 1.807) is 6.07 Å². The molecule has 0 amide bonds. The van der Waals surface area contributed by atoms with Crippen molar-refractivity contribution in [3.05, 3.63) is 28.7 Å². The van der Waals surface area contributed by atoms with Gasteiger partial charge >= 0.3 is 0 Å². The summed E-state index contributed by atoms with van der Waals surface area (Å²) >= 11 is 0. The number of aryl methyl sites for hydroxylation is 1. The Kier molecular flexibility index (Phi) is 2.00. The van der Waals surface area contributed by atoms with Gasteiger partial charge in [-0.2, -0.15) is 0 Å². The van der Waals surface area contributed by atoms with E-state index >= 15 is 0 Å². The smallest absolute Gasteiger partial charge is 0.108 e. The fraction of sp³-hybridized carbons (Fsp3) is 0.400. The molecule has 1 aromatic rings. The van der Waals surface area contributed by atoms with Crippen molar-refractivity contribution in [2.75, 3.05) is 18.5 Å². The molecule has 0 radical (unpaired) electrons. The van der Waals surface area contributed by atoms with Gasteiger partial charge in [0.2, 0.25) is 0 Å². The molecule has 1 aromatic carbocycles. The third-order valence-corrected chi connectivity index (χ3v) is 2.52. The number of hydrogen-bond acceptors (Lipinski definition) is 3. The Morgan fingerprint density at radius 3 is 3.08 bits per heavy atom. The van der Waals surface area contributed by atoms with E-state index in [9.17, 15) is 4.91 Å². The Balaban J connectivity index is 2.45. The zero-order valence-electron chi connectivity index (χ0n) is 7.66. The number of benzene rings is 1.